The normalized spacial score (nSPS) is 17.0. The molecule has 1 heterocycles. The highest BCUT2D eigenvalue weighted by molar-refractivity contribution is 7.16. The number of benzene rings is 1. The largest absolute Gasteiger partial charge is 0.462 e. The van der Waals surface area contributed by atoms with Crippen molar-refractivity contribution in [2.75, 3.05) is 12.3 Å². The number of carbonyl (C=O) groups is 1. The zero-order chi connectivity index (χ0) is 15.5. The molecule has 1 aliphatic carbocycles. The van der Waals surface area contributed by atoms with E-state index in [1.54, 1.807) is 11.3 Å². The van der Waals surface area contributed by atoms with Crippen LogP contribution in [-0.2, 0) is 17.6 Å². The van der Waals surface area contributed by atoms with Crippen LogP contribution in [0.25, 0.3) is 0 Å². The van der Waals surface area contributed by atoms with Gasteiger partial charge in [0.25, 0.3) is 0 Å². The second-order valence-electron chi connectivity index (χ2n) is 5.68. The highest BCUT2D eigenvalue weighted by Crippen LogP contribution is 2.43. The summed E-state index contributed by atoms with van der Waals surface area (Å²) < 4.78 is 5.22. The molecule has 0 amide bonds. The monoisotopic (exact) mass is 315 g/mol. The fourth-order valence-corrected chi connectivity index (χ4v) is 4.48. The number of ether oxygens (including phenoxy) is 1. The Morgan fingerprint density at radius 1 is 1.36 bits per heavy atom. The van der Waals surface area contributed by atoms with Gasteiger partial charge in [-0.25, -0.2) is 4.79 Å². The molecule has 4 heteroatoms. The summed E-state index contributed by atoms with van der Waals surface area (Å²) in [6.07, 6.45) is 4.24. The Morgan fingerprint density at radius 2 is 2.14 bits per heavy atom. The molecule has 0 aliphatic heterocycles. The van der Waals surface area contributed by atoms with Gasteiger partial charge in [0, 0.05) is 4.88 Å². The third-order valence-corrected chi connectivity index (χ3v) is 5.31. The summed E-state index contributed by atoms with van der Waals surface area (Å²) in [6, 6.07) is 10.4. The molecule has 0 bridgehead atoms. The Kier molecular flexibility index (Phi) is 4.48. The van der Waals surface area contributed by atoms with E-state index in [-0.39, 0.29) is 5.97 Å². The molecule has 22 heavy (non-hydrogen) atoms. The predicted octanol–water partition coefficient (Wildman–Crippen LogP) is 4.17. The zero-order valence-electron chi connectivity index (χ0n) is 12.8. The highest BCUT2D eigenvalue weighted by Gasteiger charge is 2.31. The summed E-state index contributed by atoms with van der Waals surface area (Å²) in [5.41, 5.74) is 9.21. The van der Waals surface area contributed by atoms with Crippen LogP contribution in [0, 0.1) is 0 Å². The molecule has 1 atom stereocenters. The number of anilines is 1. The van der Waals surface area contributed by atoms with Crippen molar-refractivity contribution in [3.63, 3.8) is 0 Å². The maximum Gasteiger partial charge on any atom is 0.341 e. The number of esters is 1. The van der Waals surface area contributed by atoms with E-state index in [1.807, 2.05) is 13.0 Å². The van der Waals surface area contributed by atoms with Crippen molar-refractivity contribution in [3.8, 4) is 0 Å². The lowest BCUT2D eigenvalue weighted by molar-refractivity contribution is 0.0526. The topological polar surface area (TPSA) is 52.3 Å². The molecular weight excluding hydrogens is 294 g/mol. The van der Waals surface area contributed by atoms with Crippen LogP contribution in [0.1, 0.15) is 52.0 Å². The average Bonchev–Trinajstić information content (AvgIpc) is 2.85. The Balaban J connectivity index is 1.96. The number of carbonyl (C=O) groups excluding carboxylic acids is 1. The smallest absolute Gasteiger partial charge is 0.341 e. The number of fused-ring (bicyclic) bond motifs is 1. The van der Waals surface area contributed by atoms with E-state index in [1.165, 1.54) is 10.4 Å². The fraction of sp³-hybridized carbons (Fsp3) is 0.389. The maximum absolute atomic E-state index is 12.3. The third-order valence-electron chi connectivity index (χ3n) is 4.22. The summed E-state index contributed by atoms with van der Waals surface area (Å²) >= 11 is 1.56. The van der Waals surface area contributed by atoms with Crippen molar-refractivity contribution in [2.45, 2.75) is 38.5 Å². The second kappa shape index (κ2) is 6.53. The summed E-state index contributed by atoms with van der Waals surface area (Å²) in [5.74, 6) is 0.0940. The minimum absolute atomic E-state index is 0.266. The molecule has 0 fully saturated rings. The van der Waals surface area contributed by atoms with E-state index in [4.69, 9.17) is 10.5 Å². The number of nitrogen functional groups attached to an aromatic ring is 1. The number of hydrogen-bond donors (Lipinski definition) is 1. The molecule has 2 N–H and O–H groups in total. The highest BCUT2D eigenvalue weighted by atomic mass is 32.1. The van der Waals surface area contributed by atoms with E-state index in [0.717, 1.165) is 31.2 Å². The third kappa shape index (κ3) is 2.88. The van der Waals surface area contributed by atoms with Crippen LogP contribution in [-0.4, -0.2) is 12.6 Å². The molecule has 1 aromatic heterocycles. The molecule has 1 aliphatic rings. The molecule has 0 saturated heterocycles. The molecule has 116 valence electrons. The Morgan fingerprint density at radius 3 is 2.86 bits per heavy atom. The molecule has 2 aromatic rings. The predicted molar refractivity (Wildman–Crippen MR) is 90.5 cm³/mol. The Bertz CT molecular complexity index is 663. The van der Waals surface area contributed by atoms with Gasteiger partial charge in [0.2, 0.25) is 0 Å². The first-order chi connectivity index (χ1) is 10.7. The fourth-order valence-electron chi connectivity index (χ4n) is 3.30. The van der Waals surface area contributed by atoms with Gasteiger partial charge in [-0.05, 0) is 49.7 Å². The standard InChI is InChI=1S/C18H21NO2S/c1-2-21-18(20)16-15-13(11-12-7-4-3-5-8-12)9-6-10-14(15)22-17(16)19/h3-5,7-8,13H,2,6,9-11,19H2,1H3. The SMILES string of the molecule is CCOC(=O)c1c(N)sc2c1C(Cc1ccccc1)CCC2. The lowest BCUT2D eigenvalue weighted by Gasteiger charge is -2.24. The van der Waals surface area contributed by atoms with Crippen LogP contribution in [0.2, 0.25) is 0 Å². The Hall–Kier alpha value is -1.81. The molecular formula is C18H21NO2S. The summed E-state index contributed by atoms with van der Waals surface area (Å²) in [6.45, 7) is 2.21. The van der Waals surface area contributed by atoms with Crippen molar-refractivity contribution in [1.29, 1.82) is 0 Å². The zero-order valence-corrected chi connectivity index (χ0v) is 13.6. The van der Waals surface area contributed by atoms with Gasteiger partial charge in [0.05, 0.1) is 12.2 Å². The number of aryl methyl sites for hydroxylation is 1. The summed E-state index contributed by atoms with van der Waals surface area (Å²) in [4.78, 5) is 13.6. The van der Waals surface area contributed by atoms with Gasteiger partial charge in [0.1, 0.15) is 5.00 Å². The quantitative estimate of drug-likeness (QED) is 0.862. The minimum Gasteiger partial charge on any atom is -0.462 e. The van der Waals surface area contributed by atoms with Crippen molar-refractivity contribution in [2.24, 2.45) is 0 Å². The van der Waals surface area contributed by atoms with Gasteiger partial charge in [-0.15, -0.1) is 11.3 Å². The van der Waals surface area contributed by atoms with Crippen molar-refractivity contribution < 1.29 is 9.53 Å². The lowest BCUT2D eigenvalue weighted by atomic mass is 9.81. The molecule has 3 nitrogen and oxygen atoms in total. The first-order valence-corrected chi connectivity index (χ1v) is 8.64. The van der Waals surface area contributed by atoms with Crippen LogP contribution in [0.3, 0.4) is 0 Å². The summed E-state index contributed by atoms with van der Waals surface area (Å²) in [7, 11) is 0. The molecule has 0 spiro atoms. The van der Waals surface area contributed by atoms with Crippen LogP contribution >= 0.6 is 11.3 Å². The first-order valence-electron chi connectivity index (χ1n) is 7.82. The van der Waals surface area contributed by atoms with Gasteiger partial charge < -0.3 is 10.5 Å². The number of nitrogens with two attached hydrogens (primary N) is 1. The molecule has 1 aromatic carbocycles. The van der Waals surface area contributed by atoms with Crippen LogP contribution in [0.4, 0.5) is 5.00 Å². The maximum atomic E-state index is 12.3. The first kappa shape index (κ1) is 15.1. The van der Waals surface area contributed by atoms with E-state index in [2.05, 4.69) is 24.3 Å². The molecule has 0 saturated carbocycles. The molecule has 0 radical (unpaired) electrons. The van der Waals surface area contributed by atoms with Gasteiger partial charge in [0.15, 0.2) is 0 Å². The van der Waals surface area contributed by atoms with Crippen molar-refractivity contribution in [3.05, 3.63) is 51.9 Å². The molecule has 1 unspecified atom stereocenters. The van der Waals surface area contributed by atoms with E-state index < -0.39 is 0 Å². The van der Waals surface area contributed by atoms with E-state index >= 15 is 0 Å². The van der Waals surface area contributed by atoms with E-state index in [9.17, 15) is 4.79 Å². The van der Waals surface area contributed by atoms with Crippen LogP contribution in [0.5, 0.6) is 0 Å². The minimum atomic E-state index is -0.266. The van der Waals surface area contributed by atoms with Crippen molar-refractivity contribution in [1.82, 2.24) is 0 Å². The van der Waals surface area contributed by atoms with E-state index in [0.29, 0.717) is 23.1 Å². The second-order valence-corrected chi connectivity index (χ2v) is 6.81. The number of rotatable bonds is 4. The Labute approximate surface area is 135 Å². The molecule has 3 rings (SSSR count). The van der Waals surface area contributed by atoms with Gasteiger partial charge >= 0.3 is 5.97 Å². The van der Waals surface area contributed by atoms with Gasteiger partial charge in [-0.1, -0.05) is 30.3 Å². The number of hydrogen-bond acceptors (Lipinski definition) is 4. The number of thiophene rings is 1. The summed E-state index contributed by atoms with van der Waals surface area (Å²) in [5, 5.41) is 0.614. The van der Waals surface area contributed by atoms with Gasteiger partial charge in [-0.3, -0.25) is 0 Å². The van der Waals surface area contributed by atoms with Crippen molar-refractivity contribution >= 4 is 22.3 Å². The van der Waals surface area contributed by atoms with Gasteiger partial charge in [-0.2, -0.15) is 0 Å². The van der Waals surface area contributed by atoms with Crippen LogP contribution in [0.15, 0.2) is 30.3 Å². The lowest BCUT2D eigenvalue weighted by Crippen LogP contribution is -2.16. The van der Waals surface area contributed by atoms with Crippen LogP contribution < -0.4 is 5.73 Å². The average molecular weight is 315 g/mol.